The zero-order valence-corrected chi connectivity index (χ0v) is 13.6. The van der Waals surface area contributed by atoms with E-state index in [0.717, 1.165) is 4.47 Å². The highest BCUT2D eigenvalue weighted by Gasteiger charge is 2.41. The molecule has 0 aliphatic heterocycles. The number of Topliss-reactive ketones (excluding diaryl/α,β-unsaturated/α-hetero) is 1. The van der Waals surface area contributed by atoms with Crippen molar-refractivity contribution < 1.29 is 14.7 Å². The molecule has 0 spiro atoms. The molecule has 1 aromatic rings. The Balaban J connectivity index is 2.33. The van der Waals surface area contributed by atoms with Gasteiger partial charge in [-0.1, -0.05) is 38.8 Å². The Kier molecular flexibility index (Phi) is 4.46. The van der Waals surface area contributed by atoms with Crippen molar-refractivity contribution >= 4 is 43.6 Å². The molecule has 2 rings (SSSR count). The first-order valence-electron chi connectivity index (χ1n) is 6.12. The maximum atomic E-state index is 12.6. The minimum Gasteiger partial charge on any atom is -0.481 e. The summed E-state index contributed by atoms with van der Waals surface area (Å²) in [5.41, 5.74) is 0.555. The van der Waals surface area contributed by atoms with Crippen LogP contribution in [0.5, 0.6) is 0 Å². The largest absolute Gasteiger partial charge is 0.481 e. The lowest BCUT2D eigenvalue weighted by Gasteiger charge is -2.15. The fourth-order valence-corrected chi connectivity index (χ4v) is 3.54. The maximum absolute atomic E-state index is 12.6. The van der Waals surface area contributed by atoms with Crippen LogP contribution in [0.2, 0.25) is 0 Å². The van der Waals surface area contributed by atoms with Crippen LogP contribution < -0.4 is 0 Å². The van der Waals surface area contributed by atoms with Crippen LogP contribution in [-0.2, 0) is 4.79 Å². The Morgan fingerprint density at radius 1 is 1.21 bits per heavy atom. The molecular weight excluding hydrogens is 376 g/mol. The lowest BCUT2D eigenvalue weighted by Crippen LogP contribution is -2.25. The number of rotatable bonds is 3. The molecule has 102 valence electrons. The summed E-state index contributed by atoms with van der Waals surface area (Å²) in [7, 11) is 0. The van der Waals surface area contributed by atoms with Crippen molar-refractivity contribution in [2.24, 2.45) is 17.8 Å². The second-order valence-corrected chi connectivity index (χ2v) is 6.89. The van der Waals surface area contributed by atoms with E-state index >= 15 is 0 Å². The van der Waals surface area contributed by atoms with Gasteiger partial charge in [0, 0.05) is 20.4 Å². The number of carboxylic acid groups (broad SMARTS) is 1. The molecule has 0 heterocycles. The summed E-state index contributed by atoms with van der Waals surface area (Å²) in [6.45, 7) is 2.00. The Bertz CT molecular complexity index is 527. The summed E-state index contributed by atoms with van der Waals surface area (Å²) in [6.07, 6.45) is 1.23. The summed E-state index contributed by atoms with van der Waals surface area (Å²) < 4.78 is 1.53. The third-order valence-electron chi connectivity index (χ3n) is 3.65. The minimum absolute atomic E-state index is 0.0788. The molecule has 0 saturated heterocycles. The molecule has 3 unspecified atom stereocenters. The highest BCUT2D eigenvalue weighted by molar-refractivity contribution is 9.11. The van der Waals surface area contributed by atoms with E-state index in [-0.39, 0.29) is 11.7 Å². The van der Waals surface area contributed by atoms with Gasteiger partial charge in [-0.05, 0) is 37.0 Å². The SMILES string of the molecule is CC1CC(C(=O)O)C(C(=O)c2cc(Br)ccc2Br)C1. The molecule has 0 aromatic heterocycles. The number of aliphatic carboxylic acids is 1. The number of carboxylic acids is 1. The van der Waals surface area contributed by atoms with Gasteiger partial charge in [-0.15, -0.1) is 0 Å². The second-order valence-electron chi connectivity index (χ2n) is 5.12. The third-order valence-corrected chi connectivity index (χ3v) is 4.83. The van der Waals surface area contributed by atoms with Crippen LogP contribution in [0, 0.1) is 17.8 Å². The molecule has 1 aliphatic carbocycles. The van der Waals surface area contributed by atoms with Crippen LogP contribution in [0.3, 0.4) is 0 Å². The first kappa shape index (κ1) is 14.7. The van der Waals surface area contributed by atoms with Gasteiger partial charge in [0.15, 0.2) is 5.78 Å². The number of hydrogen-bond acceptors (Lipinski definition) is 2. The molecule has 0 amide bonds. The van der Waals surface area contributed by atoms with E-state index in [4.69, 9.17) is 0 Å². The number of ketones is 1. The fourth-order valence-electron chi connectivity index (χ4n) is 2.74. The number of carbonyl (C=O) groups is 2. The summed E-state index contributed by atoms with van der Waals surface area (Å²) in [5, 5.41) is 9.25. The van der Waals surface area contributed by atoms with E-state index in [1.54, 1.807) is 12.1 Å². The van der Waals surface area contributed by atoms with Gasteiger partial charge in [-0.25, -0.2) is 0 Å². The summed E-state index contributed by atoms with van der Waals surface area (Å²) in [5.74, 6) is -1.65. The minimum atomic E-state index is -0.867. The van der Waals surface area contributed by atoms with E-state index in [9.17, 15) is 14.7 Å². The van der Waals surface area contributed by atoms with E-state index in [1.165, 1.54) is 0 Å². The average Bonchev–Trinajstić information content (AvgIpc) is 2.74. The van der Waals surface area contributed by atoms with E-state index in [1.807, 2.05) is 13.0 Å². The van der Waals surface area contributed by atoms with Crippen molar-refractivity contribution in [2.75, 3.05) is 0 Å². The zero-order chi connectivity index (χ0) is 14.2. The van der Waals surface area contributed by atoms with Gasteiger partial charge in [0.2, 0.25) is 0 Å². The van der Waals surface area contributed by atoms with Crippen LogP contribution in [0.15, 0.2) is 27.1 Å². The molecule has 5 heteroatoms. The van der Waals surface area contributed by atoms with Crippen molar-refractivity contribution in [3.63, 3.8) is 0 Å². The number of halogens is 2. The smallest absolute Gasteiger partial charge is 0.307 e. The molecular formula is C14H14Br2O3. The highest BCUT2D eigenvalue weighted by Crippen LogP contribution is 2.39. The zero-order valence-electron chi connectivity index (χ0n) is 10.4. The molecule has 1 aromatic carbocycles. The molecule has 1 aliphatic rings. The van der Waals surface area contributed by atoms with Crippen LogP contribution in [0.1, 0.15) is 30.1 Å². The van der Waals surface area contributed by atoms with Crippen LogP contribution >= 0.6 is 31.9 Å². The number of carbonyl (C=O) groups excluding carboxylic acids is 1. The fraction of sp³-hybridized carbons (Fsp3) is 0.429. The second kappa shape index (κ2) is 5.75. The number of hydrogen-bond donors (Lipinski definition) is 1. The van der Waals surface area contributed by atoms with Gasteiger partial charge in [0.25, 0.3) is 0 Å². The highest BCUT2D eigenvalue weighted by atomic mass is 79.9. The van der Waals surface area contributed by atoms with Crippen molar-refractivity contribution in [3.8, 4) is 0 Å². The van der Waals surface area contributed by atoms with Gasteiger partial charge in [0.1, 0.15) is 0 Å². The molecule has 1 saturated carbocycles. The van der Waals surface area contributed by atoms with Crippen molar-refractivity contribution in [3.05, 3.63) is 32.7 Å². The van der Waals surface area contributed by atoms with E-state index in [2.05, 4.69) is 31.9 Å². The maximum Gasteiger partial charge on any atom is 0.307 e. The molecule has 1 N–H and O–H groups in total. The average molecular weight is 390 g/mol. The molecule has 19 heavy (non-hydrogen) atoms. The van der Waals surface area contributed by atoms with Crippen molar-refractivity contribution in [2.45, 2.75) is 19.8 Å². The van der Waals surface area contributed by atoms with Gasteiger partial charge < -0.3 is 5.11 Å². The Labute approximate surface area is 128 Å². The van der Waals surface area contributed by atoms with Gasteiger partial charge in [0.05, 0.1) is 5.92 Å². The quantitative estimate of drug-likeness (QED) is 0.790. The molecule has 0 radical (unpaired) electrons. The van der Waals surface area contributed by atoms with Crippen LogP contribution in [0.25, 0.3) is 0 Å². The first-order chi connectivity index (χ1) is 8.90. The summed E-state index contributed by atoms with van der Waals surface area (Å²) in [4.78, 5) is 23.8. The van der Waals surface area contributed by atoms with E-state index < -0.39 is 17.8 Å². The Hall–Kier alpha value is -0.680. The number of benzene rings is 1. The van der Waals surface area contributed by atoms with Gasteiger partial charge >= 0.3 is 5.97 Å². The first-order valence-corrected chi connectivity index (χ1v) is 7.70. The predicted octanol–water partition coefficient (Wildman–Crippen LogP) is 4.14. The van der Waals surface area contributed by atoms with Crippen molar-refractivity contribution in [1.29, 1.82) is 0 Å². The monoisotopic (exact) mass is 388 g/mol. The molecule has 3 atom stereocenters. The molecule has 0 bridgehead atoms. The lowest BCUT2D eigenvalue weighted by atomic mass is 9.88. The molecule has 3 nitrogen and oxygen atoms in total. The third kappa shape index (κ3) is 3.08. The predicted molar refractivity (Wildman–Crippen MR) is 79.2 cm³/mol. The summed E-state index contributed by atoms with van der Waals surface area (Å²) in [6, 6.07) is 5.38. The van der Waals surface area contributed by atoms with Crippen molar-refractivity contribution in [1.82, 2.24) is 0 Å². The van der Waals surface area contributed by atoms with E-state index in [0.29, 0.717) is 22.9 Å². The van der Waals surface area contributed by atoms with Crippen LogP contribution in [0.4, 0.5) is 0 Å². The standard InChI is InChI=1S/C14H14Br2O3/c1-7-4-9(10(5-7)14(18)19)13(17)11-6-8(15)2-3-12(11)16/h2-3,6-7,9-10H,4-5H2,1H3,(H,18,19). The van der Waals surface area contributed by atoms with Gasteiger partial charge in [-0.3, -0.25) is 9.59 Å². The normalized spacial score (nSPS) is 26.4. The lowest BCUT2D eigenvalue weighted by molar-refractivity contribution is -0.142. The Morgan fingerprint density at radius 3 is 2.47 bits per heavy atom. The topological polar surface area (TPSA) is 54.4 Å². The molecule has 1 fully saturated rings. The van der Waals surface area contributed by atoms with Gasteiger partial charge in [-0.2, -0.15) is 0 Å². The Morgan fingerprint density at radius 2 is 1.84 bits per heavy atom. The van der Waals surface area contributed by atoms with Crippen LogP contribution in [-0.4, -0.2) is 16.9 Å². The summed E-state index contributed by atoms with van der Waals surface area (Å²) >= 11 is 6.70.